The fraction of sp³-hybridized carbons (Fsp3) is 0.217. The van der Waals surface area contributed by atoms with Gasteiger partial charge in [0, 0.05) is 29.9 Å². The molecule has 0 radical (unpaired) electrons. The Labute approximate surface area is 169 Å². The summed E-state index contributed by atoms with van der Waals surface area (Å²) in [6, 6.07) is 17.7. The predicted molar refractivity (Wildman–Crippen MR) is 108 cm³/mol. The predicted octanol–water partition coefficient (Wildman–Crippen LogP) is 3.39. The molecule has 0 N–H and O–H groups in total. The first-order valence-electron chi connectivity index (χ1n) is 9.63. The number of likely N-dealkylation sites (tertiary alicyclic amines) is 1. The van der Waals surface area contributed by atoms with Gasteiger partial charge in [0.25, 0.3) is 5.91 Å². The van der Waals surface area contributed by atoms with Gasteiger partial charge in [-0.2, -0.15) is 0 Å². The van der Waals surface area contributed by atoms with E-state index in [1.165, 1.54) is 6.33 Å². The molecule has 0 saturated carbocycles. The van der Waals surface area contributed by atoms with Crippen LogP contribution in [0.4, 0.5) is 0 Å². The standard InChI is InChI=1S/C23H21N3O3/c27-22(17-7-2-1-3-8-17)19-10-4-5-11-20(19)23(28)26-14-6-9-18(15-26)29-21-12-13-24-16-25-21/h1-5,7-8,10-13,16,18H,6,9,14-15H2. The Hall–Kier alpha value is -3.54. The van der Waals surface area contributed by atoms with Crippen LogP contribution in [0.15, 0.2) is 73.2 Å². The van der Waals surface area contributed by atoms with Crippen molar-refractivity contribution in [3.8, 4) is 5.88 Å². The van der Waals surface area contributed by atoms with E-state index in [4.69, 9.17) is 4.74 Å². The average Bonchev–Trinajstić information content (AvgIpc) is 2.79. The van der Waals surface area contributed by atoms with Crippen molar-refractivity contribution >= 4 is 11.7 Å². The van der Waals surface area contributed by atoms with E-state index in [2.05, 4.69) is 9.97 Å². The number of piperidine rings is 1. The monoisotopic (exact) mass is 387 g/mol. The highest BCUT2D eigenvalue weighted by atomic mass is 16.5. The van der Waals surface area contributed by atoms with E-state index in [1.807, 2.05) is 18.2 Å². The number of aromatic nitrogens is 2. The molecular weight excluding hydrogens is 366 g/mol. The maximum atomic E-state index is 13.2. The lowest BCUT2D eigenvalue weighted by Gasteiger charge is -2.33. The van der Waals surface area contributed by atoms with Crippen LogP contribution < -0.4 is 4.74 Å². The topological polar surface area (TPSA) is 72.4 Å². The summed E-state index contributed by atoms with van der Waals surface area (Å²) >= 11 is 0. The van der Waals surface area contributed by atoms with Crippen LogP contribution in [-0.4, -0.2) is 45.8 Å². The van der Waals surface area contributed by atoms with Crippen LogP contribution in [0.5, 0.6) is 5.88 Å². The first-order valence-corrected chi connectivity index (χ1v) is 9.63. The van der Waals surface area contributed by atoms with Gasteiger partial charge in [0.2, 0.25) is 5.88 Å². The molecule has 1 aliphatic rings. The van der Waals surface area contributed by atoms with Gasteiger partial charge in [-0.3, -0.25) is 9.59 Å². The second-order valence-corrected chi connectivity index (χ2v) is 6.92. The largest absolute Gasteiger partial charge is 0.472 e. The van der Waals surface area contributed by atoms with E-state index in [-0.39, 0.29) is 17.8 Å². The fourth-order valence-corrected chi connectivity index (χ4v) is 3.52. The number of carbonyl (C=O) groups is 2. The number of hydrogen-bond acceptors (Lipinski definition) is 5. The summed E-state index contributed by atoms with van der Waals surface area (Å²) in [6.07, 6.45) is 4.60. The van der Waals surface area contributed by atoms with Crippen molar-refractivity contribution in [1.82, 2.24) is 14.9 Å². The van der Waals surface area contributed by atoms with E-state index in [0.717, 1.165) is 12.8 Å². The highest BCUT2D eigenvalue weighted by molar-refractivity contribution is 6.15. The molecule has 0 aliphatic carbocycles. The number of amides is 1. The van der Waals surface area contributed by atoms with Crippen LogP contribution in [0, 0.1) is 0 Å². The summed E-state index contributed by atoms with van der Waals surface area (Å²) in [5, 5.41) is 0. The van der Waals surface area contributed by atoms with Crippen molar-refractivity contribution in [2.24, 2.45) is 0 Å². The Balaban J connectivity index is 1.53. The Kier molecular flexibility index (Phi) is 5.61. The van der Waals surface area contributed by atoms with E-state index in [1.54, 1.807) is 53.6 Å². The van der Waals surface area contributed by atoms with Gasteiger partial charge in [0.1, 0.15) is 12.4 Å². The maximum Gasteiger partial charge on any atom is 0.254 e. The lowest BCUT2D eigenvalue weighted by Crippen LogP contribution is -2.44. The molecule has 1 unspecified atom stereocenters. The zero-order valence-electron chi connectivity index (χ0n) is 15.9. The van der Waals surface area contributed by atoms with Crippen LogP contribution in [0.1, 0.15) is 39.1 Å². The molecule has 3 aromatic rings. The number of ether oxygens (including phenoxy) is 1. The van der Waals surface area contributed by atoms with Crippen molar-refractivity contribution in [3.63, 3.8) is 0 Å². The quantitative estimate of drug-likeness (QED) is 0.628. The molecule has 1 amide bonds. The zero-order valence-corrected chi connectivity index (χ0v) is 15.9. The molecule has 0 bridgehead atoms. The molecule has 29 heavy (non-hydrogen) atoms. The lowest BCUT2D eigenvalue weighted by molar-refractivity contribution is 0.0525. The zero-order chi connectivity index (χ0) is 20.1. The first kappa shape index (κ1) is 18.8. The molecule has 0 spiro atoms. The molecule has 1 aromatic heterocycles. The van der Waals surface area contributed by atoms with Crippen LogP contribution in [0.2, 0.25) is 0 Å². The summed E-state index contributed by atoms with van der Waals surface area (Å²) < 4.78 is 5.91. The summed E-state index contributed by atoms with van der Waals surface area (Å²) in [4.78, 5) is 35.9. The van der Waals surface area contributed by atoms with E-state index in [0.29, 0.717) is 35.7 Å². The molecular formula is C23H21N3O3. The smallest absolute Gasteiger partial charge is 0.254 e. The molecule has 6 heteroatoms. The Morgan fingerprint density at radius 2 is 1.72 bits per heavy atom. The minimum Gasteiger partial charge on any atom is -0.472 e. The Morgan fingerprint density at radius 1 is 0.966 bits per heavy atom. The van der Waals surface area contributed by atoms with Gasteiger partial charge in [0.15, 0.2) is 5.78 Å². The minimum absolute atomic E-state index is 0.139. The van der Waals surface area contributed by atoms with E-state index < -0.39 is 0 Å². The van der Waals surface area contributed by atoms with Gasteiger partial charge in [-0.25, -0.2) is 9.97 Å². The van der Waals surface area contributed by atoms with Crippen LogP contribution in [0.25, 0.3) is 0 Å². The van der Waals surface area contributed by atoms with Crippen molar-refractivity contribution in [2.75, 3.05) is 13.1 Å². The van der Waals surface area contributed by atoms with Gasteiger partial charge in [-0.05, 0) is 18.9 Å². The summed E-state index contributed by atoms with van der Waals surface area (Å²) in [6.45, 7) is 1.09. The van der Waals surface area contributed by atoms with Crippen molar-refractivity contribution in [1.29, 1.82) is 0 Å². The van der Waals surface area contributed by atoms with Crippen LogP contribution in [0.3, 0.4) is 0 Å². The minimum atomic E-state index is -0.152. The van der Waals surface area contributed by atoms with Gasteiger partial charge < -0.3 is 9.64 Å². The fourth-order valence-electron chi connectivity index (χ4n) is 3.52. The number of rotatable bonds is 5. The highest BCUT2D eigenvalue weighted by Gasteiger charge is 2.28. The van der Waals surface area contributed by atoms with Crippen LogP contribution >= 0.6 is 0 Å². The van der Waals surface area contributed by atoms with Crippen molar-refractivity contribution in [3.05, 3.63) is 89.9 Å². The molecule has 2 aromatic carbocycles. The average molecular weight is 387 g/mol. The second-order valence-electron chi connectivity index (χ2n) is 6.92. The van der Waals surface area contributed by atoms with E-state index >= 15 is 0 Å². The maximum absolute atomic E-state index is 13.2. The third-order valence-electron chi connectivity index (χ3n) is 4.95. The van der Waals surface area contributed by atoms with Crippen molar-refractivity contribution in [2.45, 2.75) is 18.9 Å². The molecule has 4 rings (SSSR count). The number of carbonyl (C=O) groups excluding carboxylic acids is 2. The molecule has 6 nitrogen and oxygen atoms in total. The van der Waals surface area contributed by atoms with Crippen molar-refractivity contribution < 1.29 is 14.3 Å². The van der Waals surface area contributed by atoms with E-state index in [9.17, 15) is 9.59 Å². The highest BCUT2D eigenvalue weighted by Crippen LogP contribution is 2.21. The molecule has 146 valence electrons. The van der Waals surface area contributed by atoms with Gasteiger partial charge >= 0.3 is 0 Å². The molecule has 1 fully saturated rings. The number of benzene rings is 2. The third-order valence-corrected chi connectivity index (χ3v) is 4.95. The Morgan fingerprint density at radius 3 is 2.48 bits per heavy atom. The van der Waals surface area contributed by atoms with Gasteiger partial charge in [0.05, 0.1) is 12.1 Å². The summed E-state index contributed by atoms with van der Waals surface area (Å²) in [5.74, 6) is 0.195. The lowest BCUT2D eigenvalue weighted by atomic mass is 9.97. The number of ketones is 1. The number of nitrogens with zero attached hydrogens (tertiary/aromatic N) is 3. The Bertz CT molecular complexity index is 993. The SMILES string of the molecule is O=C(c1ccccc1)c1ccccc1C(=O)N1CCCC(Oc2ccncn2)C1. The van der Waals surface area contributed by atoms with Crippen LogP contribution in [-0.2, 0) is 0 Å². The van der Waals surface area contributed by atoms with Gasteiger partial charge in [-0.15, -0.1) is 0 Å². The summed E-state index contributed by atoms with van der Waals surface area (Å²) in [7, 11) is 0. The normalized spacial score (nSPS) is 16.3. The first-order chi connectivity index (χ1) is 14.2. The molecule has 2 heterocycles. The molecule has 1 aliphatic heterocycles. The van der Waals surface area contributed by atoms with Gasteiger partial charge in [-0.1, -0.05) is 48.5 Å². The summed E-state index contributed by atoms with van der Waals surface area (Å²) in [5.41, 5.74) is 1.41. The molecule has 1 atom stereocenters. The molecule has 1 saturated heterocycles. The third kappa shape index (κ3) is 4.32. The number of hydrogen-bond donors (Lipinski definition) is 0. The second kappa shape index (κ2) is 8.65.